The smallest absolute Gasteiger partial charge is 0.105 e. The summed E-state index contributed by atoms with van der Waals surface area (Å²) in [6.45, 7) is 13.3. The van der Waals surface area contributed by atoms with Crippen LogP contribution in [-0.4, -0.2) is 17.6 Å². The van der Waals surface area contributed by atoms with E-state index < -0.39 is 0 Å². The van der Waals surface area contributed by atoms with Crippen LogP contribution < -0.4 is 0 Å². The zero-order valence-electron chi connectivity index (χ0n) is 16.1. The molecule has 0 aliphatic rings. The van der Waals surface area contributed by atoms with Crippen LogP contribution in [0.4, 0.5) is 0 Å². The molecule has 0 atom stereocenters. The van der Waals surface area contributed by atoms with E-state index in [1.165, 1.54) is 55.5 Å². The van der Waals surface area contributed by atoms with Gasteiger partial charge in [0.15, 0.2) is 0 Å². The summed E-state index contributed by atoms with van der Waals surface area (Å²) in [6, 6.07) is 19.8. The molecule has 0 unspecified atom stereocenters. The standard InChI is InChI=1S/C24H34N/c1-4-7-18-25(19-8-5-2,20-22-14-10-9-11-15-22)21-24-17-13-12-16-23(24)6-3/h6,9-17H,3-5,7-8,18-21H2,1-2H3/q+1. The Bertz CT molecular complexity index is 622. The number of rotatable bonds is 11. The van der Waals surface area contributed by atoms with Gasteiger partial charge in [0.25, 0.3) is 0 Å². The van der Waals surface area contributed by atoms with Gasteiger partial charge in [-0.1, -0.05) is 93.9 Å². The average molecular weight is 337 g/mol. The molecule has 134 valence electrons. The van der Waals surface area contributed by atoms with Gasteiger partial charge < -0.3 is 4.48 Å². The largest absolute Gasteiger partial charge is 0.316 e. The molecule has 0 amide bonds. The van der Waals surface area contributed by atoms with E-state index in [2.05, 4.69) is 75.0 Å². The zero-order valence-corrected chi connectivity index (χ0v) is 16.1. The third-order valence-electron chi connectivity index (χ3n) is 5.11. The summed E-state index contributed by atoms with van der Waals surface area (Å²) in [7, 11) is 0. The van der Waals surface area contributed by atoms with Gasteiger partial charge in [-0.3, -0.25) is 0 Å². The van der Waals surface area contributed by atoms with Gasteiger partial charge in [0, 0.05) is 11.1 Å². The second-order valence-corrected chi connectivity index (χ2v) is 7.20. The van der Waals surface area contributed by atoms with Crippen molar-refractivity contribution in [2.75, 3.05) is 13.1 Å². The molecule has 25 heavy (non-hydrogen) atoms. The van der Waals surface area contributed by atoms with Crippen molar-refractivity contribution in [3.05, 3.63) is 77.9 Å². The quantitative estimate of drug-likeness (QED) is 0.414. The van der Waals surface area contributed by atoms with Gasteiger partial charge in [0.1, 0.15) is 13.1 Å². The van der Waals surface area contributed by atoms with Crippen molar-refractivity contribution in [1.82, 2.24) is 0 Å². The number of benzene rings is 2. The van der Waals surface area contributed by atoms with Crippen LogP contribution >= 0.6 is 0 Å². The molecule has 0 aliphatic carbocycles. The Kier molecular flexibility index (Phi) is 7.94. The lowest BCUT2D eigenvalue weighted by Gasteiger charge is -2.39. The molecule has 2 aromatic rings. The summed E-state index contributed by atoms with van der Waals surface area (Å²) in [5, 5.41) is 0. The zero-order chi connectivity index (χ0) is 18.0. The van der Waals surface area contributed by atoms with Crippen molar-refractivity contribution in [3.8, 4) is 0 Å². The number of hydrogen-bond acceptors (Lipinski definition) is 0. The molecule has 1 heteroatoms. The lowest BCUT2D eigenvalue weighted by atomic mass is 10.0. The minimum Gasteiger partial charge on any atom is -0.316 e. The van der Waals surface area contributed by atoms with E-state index in [9.17, 15) is 0 Å². The minimum absolute atomic E-state index is 1.09. The van der Waals surface area contributed by atoms with E-state index in [-0.39, 0.29) is 0 Å². The fraction of sp³-hybridized carbons (Fsp3) is 0.417. The molecule has 2 rings (SSSR count). The van der Waals surface area contributed by atoms with E-state index in [1.54, 1.807) is 0 Å². The maximum absolute atomic E-state index is 4.02. The maximum Gasteiger partial charge on any atom is 0.105 e. The summed E-state index contributed by atoms with van der Waals surface area (Å²) in [5.74, 6) is 0. The fourth-order valence-electron chi connectivity index (χ4n) is 3.68. The highest BCUT2D eigenvalue weighted by molar-refractivity contribution is 5.51. The molecule has 0 N–H and O–H groups in total. The van der Waals surface area contributed by atoms with Crippen molar-refractivity contribution in [3.63, 3.8) is 0 Å². The number of nitrogens with zero attached hydrogens (tertiary/aromatic N) is 1. The summed E-state index contributed by atoms with van der Waals surface area (Å²) < 4.78 is 1.15. The first-order valence-corrected chi connectivity index (χ1v) is 9.82. The van der Waals surface area contributed by atoms with Crippen LogP contribution in [-0.2, 0) is 13.1 Å². The molecule has 0 saturated heterocycles. The van der Waals surface area contributed by atoms with E-state index >= 15 is 0 Å². The van der Waals surface area contributed by atoms with Crippen LogP contribution in [0.1, 0.15) is 56.2 Å². The van der Waals surface area contributed by atoms with Crippen molar-refractivity contribution < 1.29 is 4.48 Å². The molecule has 0 heterocycles. The van der Waals surface area contributed by atoms with Crippen LogP contribution in [0.5, 0.6) is 0 Å². The second-order valence-electron chi connectivity index (χ2n) is 7.20. The van der Waals surface area contributed by atoms with E-state index in [1.807, 2.05) is 6.08 Å². The average Bonchev–Trinajstić information content (AvgIpc) is 2.66. The van der Waals surface area contributed by atoms with Crippen LogP contribution in [0.2, 0.25) is 0 Å². The Morgan fingerprint density at radius 3 is 2.00 bits per heavy atom. The predicted molar refractivity (Wildman–Crippen MR) is 110 cm³/mol. The molecule has 1 nitrogen and oxygen atoms in total. The molecule has 2 aromatic carbocycles. The number of hydrogen-bond donors (Lipinski definition) is 0. The highest BCUT2D eigenvalue weighted by Gasteiger charge is 2.28. The third kappa shape index (κ3) is 5.86. The van der Waals surface area contributed by atoms with Crippen LogP contribution in [0.15, 0.2) is 61.2 Å². The van der Waals surface area contributed by atoms with E-state index in [0.29, 0.717) is 0 Å². The maximum atomic E-state index is 4.02. The topological polar surface area (TPSA) is 0 Å². The van der Waals surface area contributed by atoms with Gasteiger partial charge in [0.2, 0.25) is 0 Å². The van der Waals surface area contributed by atoms with Gasteiger partial charge in [-0.25, -0.2) is 0 Å². The van der Waals surface area contributed by atoms with E-state index in [4.69, 9.17) is 0 Å². The van der Waals surface area contributed by atoms with E-state index in [0.717, 1.165) is 17.6 Å². The number of unbranched alkanes of at least 4 members (excludes halogenated alkanes) is 2. The third-order valence-corrected chi connectivity index (χ3v) is 5.11. The van der Waals surface area contributed by atoms with Crippen LogP contribution in [0, 0.1) is 0 Å². The molecule has 0 bridgehead atoms. The van der Waals surface area contributed by atoms with Crippen molar-refractivity contribution in [1.29, 1.82) is 0 Å². The minimum atomic E-state index is 1.09. The monoisotopic (exact) mass is 336 g/mol. The molecule has 0 aliphatic heterocycles. The van der Waals surface area contributed by atoms with Crippen LogP contribution in [0.25, 0.3) is 6.08 Å². The van der Waals surface area contributed by atoms with Gasteiger partial charge in [0.05, 0.1) is 13.1 Å². The molecule has 0 saturated carbocycles. The molecule has 0 aromatic heterocycles. The first kappa shape index (κ1) is 19.5. The molecular formula is C24H34N+. The van der Waals surface area contributed by atoms with Crippen molar-refractivity contribution >= 4 is 6.08 Å². The summed E-state index contributed by atoms with van der Waals surface area (Å²) in [4.78, 5) is 0. The van der Waals surface area contributed by atoms with Crippen LogP contribution in [0.3, 0.4) is 0 Å². The molecule has 0 radical (unpaired) electrons. The first-order chi connectivity index (χ1) is 12.2. The van der Waals surface area contributed by atoms with Gasteiger partial charge in [-0.2, -0.15) is 0 Å². The second kappa shape index (κ2) is 10.2. The summed E-state index contributed by atoms with van der Waals surface area (Å²) in [5.41, 5.74) is 4.16. The van der Waals surface area contributed by atoms with Gasteiger partial charge in [-0.05, 0) is 18.4 Å². The lowest BCUT2D eigenvalue weighted by Crippen LogP contribution is -2.48. The Morgan fingerprint density at radius 1 is 0.800 bits per heavy atom. The molecule has 0 fully saturated rings. The lowest BCUT2D eigenvalue weighted by molar-refractivity contribution is -0.954. The Balaban J connectivity index is 2.34. The van der Waals surface area contributed by atoms with Gasteiger partial charge >= 0.3 is 0 Å². The summed E-state index contributed by atoms with van der Waals surface area (Å²) >= 11 is 0. The summed E-state index contributed by atoms with van der Waals surface area (Å²) in [6.07, 6.45) is 7.08. The SMILES string of the molecule is C=Cc1ccccc1C[N+](CCCC)(CCCC)Cc1ccccc1. The normalized spacial score (nSPS) is 11.4. The Labute approximate surface area is 154 Å². The van der Waals surface area contributed by atoms with Crippen molar-refractivity contribution in [2.45, 2.75) is 52.6 Å². The van der Waals surface area contributed by atoms with Gasteiger partial charge in [-0.15, -0.1) is 0 Å². The van der Waals surface area contributed by atoms with Crippen molar-refractivity contribution in [2.24, 2.45) is 0 Å². The number of quaternary nitrogens is 1. The Hall–Kier alpha value is -1.86. The Morgan fingerprint density at radius 2 is 1.40 bits per heavy atom. The highest BCUT2D eigenvalue weighted by atomic mass is 15.3. The fourth-order valence-corrected chi connectivity index (χ4v) is 3.68. The predicted octanol–water partition coefficient (Wildman–Crippen LogP) is 6.45. The molecule has 0 spiro atoms. The molecular weight excluding hydrogens is 302 g/mol. The first-order valence-electron chi connectivity index (χ1n) is 9.82. The highest BCUT2D eigenvalue weighted by Crippen LogP contribution is 2.24.